The topological polar surface area (TPSA) is 53.2 Å². The predicted molar refractivity (Wildman–Crippen MR) is 51.5 cm³/mol. The van der Waals surface area contributed by atoms with E-state index in [2.05, 4.69) is 6.07 Å². The van der Waals surface area contributed by atoms with Gasteiger partial charge in [-0.15, -0.1) is 0 Å². The quantitative estimate of drug-likeness (QED) is 0.728. The van der Waals surface area contributed by atoms with Crippen LogP contribution < -0.4 is 0 Å². The maximum Gasteiger partial charge on any atom is 0.0886 e. The molecule has 2 rings (SSSR count). The van der Waals surface area contributed by atoms with Gasteiger partial charge in [-0.25, -0.2) is 0 Å². The van der Waals surface area contributed by atoms with E-state index >= 15 is 0 Å². The van der Waals surface area contributed by atoms with Gasteiger partial charge in [0.25, 0.3) is 0 Å². The minimum atomic E-state index is -0.774. The zero-order valence-corrected chi connectivity index (χ0v) is 8.79. The molecular weight excluding hydrogens is 178 g/mol. The highest BCUT2D eigenvalue weighted by molar-refractivity contribution is 5.13. The van der Waals surface area contributed by atoms with Crippen molar-refractivity contribution >= 4 is 0 Å². The second-order valence-electron chi connectivity index (χ2n) is 5.29. The van der Waals surface area contributed by atoms with Crippen LogP contribution in [-0.2, 0) is 4.74 Å². The van der Waals surface area contributed by atoms with Crippen molar-refractivity contribution in [2.75, 3.05) is 0 Å². The summed E-state index contributed by atoms with van der Waals surface area (Å²) in [6, 6.07) is 2.38. The Kier molecular flexibility index (Phi) is 2.09. The Morgan fingerprint density at radius 2 is 2.29 bits per heavy atom. The average Bonchev–Trinajstić information content (AvgIpc) is 2.60. The van der Waals surface area contributed by atoms with E-state index < -0.39 is 11.0 Å². The van der Waals surface area contributed by atoms with Gasteiger partial charge in [-0.05, 0) is 39.5 Å². The van der Waals surface area contributed by atoms with Crippen LogP contribution in [0.5, 0.6) is 0 Å². The number of nitrogens with zero attached hydrogens (tertiary/aromatic N) is 1. The Hall–Kier alpha value is -0.590. The third-order valence-corrected chi connectivity index (χ3v) is 3.29. The normalized spacial score (nSPS) is 41.3. The van der Waals surface area contributed by atoms with E-state index in [0.29, 0.717) is 6.42 Å². The van der Waals surface area contributed by atoms with E-state index in [1.54, 1.807) is 13.8 Å². The summed E-state index contributed by atoms with van der Waals surface area (Å²) >= 11 is 0. The summed E-state index contributed by atoms with van der Waals surface area (Å²) in [5.74, 6) is 0. The second kappa shape index (κ2) is 2.95. The molecule has 0 saturated carbocycles. The second-order valence-corrected chi connectivity index (χ2v) is 5.29. The standard InChI is InChI=1S/C11H17NO2/c1-10(2,13)6-11(7-12)5-8-3-4-9(11)14-8/h8-9,13H,3-6H2,1-2H3. The molecule has 2 fully saturated rings. The highest BCUT2D eigenvalue weighted by atomic mass is 16.5. The molecule has 14 heavy (non-hydrogen) atoms. The van der Waals surface area contributed by atoms with Gasteiger partial charge in [0.2, 0.25) is 0 Å². The Balaban J connectivity index is 2.17. The predicted octanol–water partition coefficient (Wildman–Crippen LogP) is 1.61. The summed E-state index contributed by atoms with van der Waals surface area (Å²) in [6.07, 6.45) is 3.72. The molecular formula is C11H17NO2. The molecule has 1 N–H and O–H groups in total. The van der Waals surface area contributed by atoms with Crippen LogP contribution in [0.3, 0.4) is 0 Å². The lowest BCUT2D eigenvalue weighted by atomic mass is 9.69. The summed E-state index contributed by atoms with van der Waals surface area (Å²) in [5, 5.41) is 19.1. The van der Waals surface area contributed by atoms with Crippen molar-refractivity contribution < 1.29 is 9.84 Å². The van der Waals surface area contributed by atoms with Crippen LogP contribution in [0.1, 0.15) is 39.5 Å². The van der Waals surface area contributed by atoms with E-state index in [9.17, 15) is 10.4 Å². The van der Waals surface area contributed by atoms with Crippen molar-refractivity contribution in [1.82, 2.24) is 0 Å². The Labute approximate surface area is 84.7 Å². The van der Waals surface area contributed by atoms with Gasteiger partial charge in [0, 0.05) is 0 Å². The van der Waals surface area contributed by atoms with E-state index in [0.717, 1.165) is 19.3 Å². The maximum atomic E-state index is 9.80. The Morgan fingerprint density at radius 3 is 2.64 bits per heavy atom. The van der Waals surface area contributed by atoms with Gasteiger partial charge in [0.1, 0.15) is 0 Å². The smallest absolute Gasteiger partial charge is 0.0886 e. The number of hydrogen-bond acceptors (Lipinski definition) is 3. The molecule has 0 aromatic heterocycles. The van der Waals surface area contributed by atoms with E-state index in [-0.39, 0.29) is 12.2 Å². The number of rotatable bonds is 2. The van der Waals surface area contributed by atoms with Gasteiger partial charge in [0.15, 0.2) is 0 Å². The van der Waals surface area contributed by atoms with Crippen LogP contribution in [0.2, 0.25) is 0 Å². The lowest BCUT2D eigenvalue weighted by Crippen LogP contribution is -2.38. The summed E-state index contributed by atoms with van der Waals surface area (Å²) in [5.41, 5.74) is -1.20. The van der Waals surface area contributed by atoms with Crippen LogP contribution in [0.25, 0.3) is 0 Å². The number of hydrogen-bond donors (Lipinski definition) is 1. The fourth-order valence-corrected chi connectivity index (χ4v) is 2.92. The molecule has 78 valence electrons. The van der Waals surface area contributed by atoms with Crippen LogP contribution in [0, 0.1) is 16.7 Å². The molecule has 0 spiro atoms. The van der Waals surface area contributed by atoms with Gasteiger partial charge >= 0.3 is 0 Å². The first kappa shape index (κ1) is 9.95. The molecule has 0 aromatic carbocycles. The average molecular weight is 195 g/mol. The van der Waals surface area contributed by atoms with Crippen molar-refractivity contribution in [2.24, 2.45) is 5.41 Å². The van der Waals surface area contributed by atoms with Gasteiger partial charge in [-0.1, -0.05) is 0 Å². The molecule has 2 aliphatic rings. The van der Waals surface area contributed by atoms with Crippen molar-refractivity contribution in [1.29, 1.82) is 5.26 Å². The molecule has 2 bridgehead atoms. The highest BCUT2D eigenvalue weighted by Gasteiger charge is 2.54. The fraction of sp³-hybridized carbons (Fsp3) is 0.909. The molecule has 3 nitrogen and oxygen atoms in total. The Bertz CT molecular complexity index is 276. The van der Waals surface area contributed by atoms with E-state index in [4.69, 9.17) is 4.74 Å². The van der Waals surface area contributed by atoms with Crippen molar-refractivity contribution in [3.05, 3.63) is 0 Å². The SMILES string of the molecule is CC(C)(O)CC1(C#N)CC2CCC1O2. The minimum Gasteiger partial charge on any atom is -0.390 e. The molecule has 3 unspecified atom stereocenters. The first-order valence-corrected chi connectivity index (χ1v) is 5.24. The van der Waals surface area contributed by atoms with E-state index in [1.807, 2.05) is 0 Å². The molecule has 0 aromatic rings. The van der Waals surface area contributed by atoms with Crippen LogP contribution in [-0.4, -0.2) is 22.9 Å². The number of fused-ring (bicyclic) bond motifs is 2. The van der Waals surface area contributed by atoms with Gasteiger partial charge in [0.05, 0.1) is 29.3 Å². The Morgan fingerprint density at radius 1 is 1.57 bits per heavy atom. The van der Waals surface area contributed by atoms with Gasteiger partial charge < -0.3 is 9.84 Å². The molecule has 0 radical (unpaired) electrons. The molecule has 0 aliphatic carbocycles. The molecule has 0 amide bonds. The third kappa shape index (κ3) is 1.53. The summed E-state index contributed by atoms with van der Waals surface area (Å²) in [7, 11) is 0. The van der Waals surface area contributed by atoms with Crippen LogP contribution in [0.15, 0.2) is 0 Å². The maximum absolute atomic E-state index is 9.80. The van der Waals surface area contributed by atoms with Crippen molar-refractivity contribution in [3.8, 4) is 6.07 Å². The summed E-state index contributed by atoms with van der Waals surface area (Å²) in [6.45, 7) is 3.52. The molecule has 2 heterocycles. The number of aliphatic hydroxyl groups is 1. The number of nitriles is 1. The van der Waals surface area contributed by atoms with Gasteiger partial charge in [-0.3, -0.25) is 0 Å². The minimum absolute atomic E-state index is 0.0592. The molecule has 3 heteroatoms. The monoisotopic (exact) mass is 195 g/mol. The lowest BCUT2D eigenvalue weighted by Gasteiger charge is -2.33. The van der Waals surface area contributed by atoms with Gasteiger partial charge in [-0.2, -0.15) is 5.26 Å². The lowest BCUT2D eigenvalue weighted by molar-refractivity contribution is 0.00890. The largest absolute Gasteiger partial charge is 0.390 e. The van der Waals surface area contributed by atoms with Crippen molar-refractivity contribution in [3.63, 3.8) is 0 Å². The number of ether oxygens (including phenoxy) is 1. The zero-order chi connectivity index (χ0) is 10.4. The highest BCUT2D eigenvalue weighted by Crippen LogP contribution is 2.51. The molecule has 2 aliphatic heterocycles. The zero-order valence-electron chi connectivity index (χ0n) is 8.79. The summed E-state index contributed by atoms with van der Waals surface area (Å²) < 4.78 is 5.69. The van der Waals surface area contributed by atoms with E-state index in [1.165, 1.54) is 0 Å². The molecule has 3 atom stereocenters. The first-order chi connectivity index (χ1) is 6.45. The summed E-state index contributed by atoms with van der Waals surface area (Å²) in [4.78, 5) is 0. The van der Waals surface area contributed by atoms with Crippen LogP contribution in [0.4, 0.5) is 0 Å². The molecule has 2 saturated heterocycles. The fourth-order valence-electron chi connectivity index (χ4n) is 2.92. The first-order valence-electron chi connectivity index (χ1n) is 5.24. The van der Waals surface area contributed by atoms with Crippen molar-refractivity contribution in [2.45, 2.75) is 57.3 Å². The van der Waals surface area contributed by atoms with Crippen LogP contribution >= 0.6 is 0 Å². The third-order valence-electron chi connectivity index (χ3n) is 3.29.